The minimum atomic E-state index is -3.60. The fourth-order valence-corrected chi connectivity index (χ4v) is 4.36. The Balaban J connectivity index is 2.03. The van der Waals surface area contributed by atoms with E-state index < -0.39 is 14.8 Å². The third-order valence-electron chi connectivity index (χ3n) is 4.70. The summed E-state index contributed by atoms with van der Waals surface area (Å²) >= 11 is 0. The summed E-state index contributed by atoms with van der Waals surface area (Å²) in [5.41, 5.74) is 2.35. The van der Waals surface area contributed by atoms with Gasteiger partial charge in [0.2, 0.25) is 0 Å². The summed E-state index contributed by atoms with van der Waals surface area (Å²) in [5.74, 6) is 1.30. The molecule has 3 rings (SSSR count). The predicted octanol–water partition coefficient (Wildman–Crippen LogP) is 2.42. The maximum absolute atomic E-state index is 12.2. The van der Waals surface area contributed by atoms with Gasteiger partial charge in [-0.25, -0.2) is 13.4 Å². The maximum atomic E-state index is 12.2. The third kappa shape index (κ3) is 3.18. The van der Waals surface area contributed by atoms with E-state index in [0.29, 0.717) is 24.7 Å². The van der Waals surface area contributed by atoms with Crippen LogP contribution in [-0.2, 0) is 29.9 Å². The molecule has 0 fully saturated rings. The third-order valence-corrected chi connectivity index (χ3v) is 5.83. The van der Waals surface area contributed by atoms with Gasteiger partial charge in [-0.05, 0) is 6.07 Å². The fraction of sp³-hybridized carbons (Fsp3) is 0.471. The lowest BCUT2D eigenvalue weighted by Crippen LogP contribution is -2.32. The van der Waals surface area contributed by atoms with Crippen LogP contribution in [0.3, 0.4) is 0 Å². The molecule has 0 N–H and O–H groups in total. The average molecular weight is 378 g/mol. The number of imidazole rings is 1. The first kappa shape index (κ1) is 18.4. The number of hydrogen-bond acceptors (Lipinski definition) is 6. The zero-order valence-electron chi connectivity index (χ0n) is 15.3. The Morgan fingerprint density at radius 2 is 2.00 bits per heavy atom. The van der Waals surface area contributed by atoms with Gasteiger partial charge in [0.1, 0.15) is 5.82 Å². The van der Waals surface area contributed by atoms with Gasteiger partial charge in [-0.15, -0.1) is 0 Å². The zero-order chi connectivity index (χ0) is 19.2. The Morgan fingerprint density at radius 3 is 2.58 bits per heavy atom. The normalized spacial score (nSPS) is 14.6. The highest BCUT2D eigenvalue weighted by Crippen LogP contribution is 2.33. The SMILES string of the molecule is CC(C)c1nc2c(n1C)CCN(c1ccc([N+](=O)[O-])cc1S(C)(=O)=O)C2. The van der Waals surface area contributed by atoms with Crippen LogP contribution in [0.2, 0.25) is 0 Å². The van der Waals surface area contributed by atoms with E-state index in [1.807, 2.05) is 11.9 Å². The van der Waals surface area contributed by atoms with Crippen molar-refractivity contribution in [3.05, 3.63) is 45.5 Å². The second-order valence-corrected chi connectivity index (χ2v) is 8.91. The molecule has 0 aliphatic carbocycles. The Morgan fingerprint density at radius 1 is 1.31 bits per heavy atom. The van der Waals surface area contributed by atoms with E-state index in [1.54, 1.807) is 0 Å². The van der Waals surface area contributed by atoms with Gasteiger partial charge in [0.25, 0.3) is 5.69 Å². The Hall–Kier alpha value is -2.42. The van der Waals surface area contributed by atoms with Crippen LogP contribution in [-0.4, -0.2) is 35.7 Å². The van der Waals surface area contributed by atoms with Crippen molar-refractivity contribution in [3.63, 3.8) is 0 Å². The first-order chi connectivity index (χ1) is 12.1. The van der Waals surface area contributed by atoms with Gasteiger partial charge in [0.05, 0.1) is 27.7 Å². The smallest absolute Gasteiger partial charge is 0.270 e. The Kier molecular flexibility index (Phi) is 4.51. The number of sulfone groups is 1. The lowest BCUT2D eigenvalue weighted by Gasteiger charge is -2.30. The lowest BCUT2D eigenvalue weighted by molar-refractivity contribution is -0.385. The van der Waals surface area contributed by atoms with Crippen LogP contribution in [0.15, 0.2) is 23.1 Å². The molecule has 0 radical (unpaired) electrons. The highest BCUT2D eigenvalue weighted by molar-refractivity contribution is 7.90. The molecule has 26 heavy (non-hydrogen) atoms. The summed E-state index contributed by atoms with van der Waals surface area (Å²) in [6, 6.07) is 4.00. The Bertz CT molecular complexity index is 979. The highest BCUT2D eigenvalue weighted by atomic mass is 32.2. The number of non-ortho nitro benzene ring substituents is 1. The quantitative estimate of drug-likeness (QED) is 0.598. The maximum Gasteiger partial charge on any atom is 0.270 e. The molecular weight excluding hydrogens is 356 g/mol. The van der Waals surface area contributed by atoms with E-state index in [2.05, 4.69) is 18.4 Å². The van der Waals surface area contributed by atoms with Gasteiger partial charge in [0, 0.05) is 50.0 Å². The summed E-state index contributed by atoms with van der Waals surface area (Å²) in [6.45, 7) is 5.29. The summed E-state index contributed by atoms with van der Waals surface area (Å²) in [6.07, 6.45) is 1.81. The first-order valence-corrected chi connectivity index (χ1v) is 10.3. The van der Waals surface area contributed by atoms with Crippen molar-refractivity contribution >= 4 is 21.2 Å². The van der Waals surface area contributed by atoms with Crippen LogP contribution in [0, 0.1) is 10.1 Å². The monoisotopic (exact) mass is 378 g/mol. The van der Waals surface area contributed by atoms with Crippen molar-refractivity contribution < 1.29 is 13.3 Å². The molecule has 1 aliphatic rings. The molecule has 9 heteroatoms. The molecule has 8 nitrogen and oxygen atoms in total. The summed E-state index contributed by atoms with van der Waals surface area (Å²) in [7, 11) is -1.60. The summed E-state index contributed by atoms with van der Waals surface area (Å²) < 4.78 is 26.5. The number of hydrogen-bond donors (Lipinski definition) is 0. The Labute approximate surface area is 152 Å². The second-order valence-electron chi connectivity index (χ2n) is 6.93. The van der Waals surface area contributed by atoms with Crippen molar-refractivity contribution in [1.29, 1.82) is 0 Å². The largest absolute Gasteiger partial charge is 0.364 e. The minimum Gasteiger partial charge on any atom is -0.364 e. The minimum absolute atomic E-state index is 0.0184. The topological polar surface area (TPSA) is 98.3 Å². The molecule has 2 aromatic rings. The van der Waals surface area contributed by atoms with Crippen molar-refractivity contribution in [2.24, 2.45) is 7.05 Å². The van der Waals surface area contributed by atoms with Gasteiger partial charge in [-0.1, -0.05) is 13.8 Å². The molecule has 0 unspecified atom stereocenters. The van der Waals surface area contributed by atoms with Crippen molar-refractivity contribution in [1.82, 2.24) is 9.55 Å². The van der Waals surface area contributed by atoms with Gasteiger partial charge < -0.3 is 9.47 Å². The number of nitro groups is 1. The van der Waals surface area contributed by atoms with E-state index in [-0.39, 0.29) is 10.6 Å². The van der Waals surface area contributed by atoms with Crippen LogP contribution in [0.1, 0.15) is 37.0 Å². The summed E-state index contributed by atoms with van der Waals surface area (Å²) in [4.78, 5) is 17.1. The molecule has 1 aromatic heterocycles. The van der Waals surface area contributed by atoms with Crippen LogP contribution < -0.4 is 4.90 Å². The number of rotatable bonds is 4. The van der Waals surface area contributed by atoms with Crippen LogP contribution in [0.4, 0.5) is 11.4 Å². The first-order valence-electron chi connectivity index (χ1n) is 8.37. The number of fused-ring (bicyclic) bond motifs is 1. The molecule has 140 valence electrons. The molecule has 2 heterocycles. The van der Waals surface area contributed by atoms with Crippen LogP contribution in [0.5, 0.6) is 0 Å². The molecular formula is C17H22N4O4S. The summed E-state index contributed by atoms with van der Waals surface area (Å²) in [5, 5.41) is 11.0. The van der Waals surface area contributed by atoms with E-state index in [1.165, 1.54) is 12.1 Å². The zero-order valence-corrected chi connectivity index (χ0v) is 16.1. The fourth-order valence-electron chi connectivity index (χ4n) is 3.45. The van der Waals surface area contributed by atoms with Gasteiger partial charge in [-0.3, -0.25) is 10.1 Å². The van der Waals surface area contributed by atoms with E-state index in [4.69, 9.17) is 4.98 Å². The molecule has 0 saturated carbocycles. The van der Waals surface area contributed by atoms with E-state index in [0.717, 1.165) is 36.0 Å². The molecule has 0 spiro atoms. The van der Waals surface area contributed by atoms with Crippen LogP contribution >= 0.6 is 0 Å². The molecule has 0 amide bonds. The van der Waals surface area contributed by atoms with Gasteiger partial charge >= 0.3 is 0 Å². The number of aromatic nitrogens is 2. The van der Waals surface area contributed by atoms with Crippen molar-refractivity contribution in [2.45, 2.75) is 37.6 Å². The van der Waals surface area contributed by atoms with Crippen LogP contribution in [0.25, 0.3) is 0 Å². The molecule has 0 atom stereocenters. The standard InChI is InChI=1S/C17H22N4O4S/c1-11(2)17-18-13-10-20(8-7-14(13)19(17)3)15-6-5-12(21(22)23)9-16(15)26(4,24)25/h5-6,9,11H,7-8,10H2,1-4H3. The van der Waals surface area contributed by atoms with Crippen molar-refractivity contribution in [3.8, 4) is 0 Å². The number of benzene rings is 1. The molecule has 1 aromatic carbocycles. The predicted molar refractivity (Wildman–Crippen MR) is 98.3 cm³/mol. The van der Waals surface area contributed by atoms with E-state index in [9.17, 15) is 18.5 Å². The van der Waals surface area contributed by atoms with Gasteiger partial charge in [-0.2, -0.15) is 0 Å². The number of anilines is 1. The van der Waals surface area contributed by atoms with E-state index >= 15 is 0 Å². The van der Waals surface area contributed by atoms with Gasteiger partial charge in [0.15, 0.2) is 9.84 Å². The highest BCUT2D eigenvalue weighted by Gasteiger charge is 2.28. The van der Waals surface area contributed by atoms with Crippen molar-refractivity contribution in [2.75, 3.05) is 17.7 Å². The average Bonchev–Trinajstić information content (AvgIpc) is 2.90. The lowest BCUT2D eigenvalue weighted by atomic mass is 10.1. The second kappa shape index (κ2) is 6.39. The number of nitro benzene ring substituents is 1. The molecule has 0 saturated heterocycles. The molecule has 0 bridgehead atoms. The number of nitrogens with zero attached hydrogens (tertiary/aromatic N) is 4. The molecule has 1 aliphatic heterocycles.